The van der Waals surface area contributed by atoms with E-state index in [0.717, 1.165) is 11.1 Å². The van der Waals surface area contributed by atoms with Gasteiger partial charge in [0, 0.05) is 12.1 Å². The van der Waals surface area contributed by atoms with Crippen molar-refractivity contribution in [3.05, 3.63) is 34.9 Å². The third kappa shape index (κ3) is 1.80. The van der Waals surface area contributed by atoms with Crippen LogP contribution in [0.3, 0.4) is 0 Å². The first-order chi connectivity index (χ1) is 5.65. The number of hydrogen-bond acceptors (Lipinski definition) is 1. The van der Waals surface area contributed by atoms with E-state index in [-0.39, 0.29) is 5.56 Å². The Morgan fingerprint density at radius 2 is 2.08 bits per heavy atom. The minimum atomic E-state index is -2.39. The quantitative estimate of drug-likeness (QED) is 0.726. The zero-order valence-electron chi connectivity index (χ0n) is 6.85. The second kappa shape index (κ2) is 3.63. The second-order valence-corrected chi connectivity index (χ2v) is 2.69. The number of hydrogen-bond donors (Lipinski definition) is 1. The smallest absolute Gasteiger partial charge is 0.263 e. The van der Waals surface area contributed by atoms with Crippen LogP contribution >= 0.6 is 0 Å². The van der Waals surface area contributed by atoms with Gasteiger partial charge in [-0.15, -0.1) is 0 Å². The number of alkyl halides is 2. The summed E-state index contributed by atoms with van der Waals surface area (Å²) in [6.07, 6.45) is -2.39. The molecule has 0 aliphatic carbocycles. The van der Waals surface area contributed by atoms with Gasteiger partial charge >= 0.3 is 0 Å². The fourth-order valence-electron chi connectivity index (χ4n) is 1.08. The third-order valence-electron chi connectivity index (χ3n) is 1.84. The van der Waals surface area contributed by atoms with Crippen molar-refractivity contribution in [1.82, 2.24) is 0 Å². The molecule has 3 heteroatoms. The molecule has 1 aromatic carbocycles. The van der Waals surface area contributed by atoms with Crippen molar-refractivity contribution in [2.24, 2.45) is 5.73 Å². The number of aryl methyl sites for hydroxylation is 1. The Hall–Kier alpha value is -0.960. The van der Waals surface area contributed by atoms with Crippen LogP contribution in [0, 0.1) is 6.92 Å². The summed E-state index contributed by atoms with van der Waals surface area (Å²) in [4.78, 5) is 0. The monoisotopic (exact) mass is 171 g/mol. The number of benzene rings is 1. The summed E-state index contributed by atoms with van der Waals surface area (Å²) in [5.74, 6) is 0. The van der Waals surface area contributed by atoms with Crippen LogP contribution in [0.1, 0.15) is 23.1 Å². The number of rotatable bonds is 2. The van der Waals surface area contributed by atoms with Crippen LogP contribution in [0.4, 0.5) is 8.78 Å². The fraction of sp³-hybridized carbons (Fsp3) is 0.333. The molecule has 0 aromatic heterocycles. The third-order valence-corrected chi connectivity index (χ3v) is 1.84. The highest BCUT2D eigenvalue weighted by atomic mass is 19.3. The molecule has 2 N–H and O–H groups in total. The predicted molar refractivity (Wildman–Crippen MR) is 44.0 cm³/mol. The van der Waals surface area contributed by atoms with Gasteiger partial charge in [-0.05, 0) is 18.1 Å². The first-order valence-corrected chi connectivity index (χ1v) is 3.72. The highest BCUT2D eigenvalue weighted by Gasteiger charge is 2.07. The van der Waals surface area contributed by atoms with E-state index in [4.69, 9.17) is 5.73 Å². The largest absolute Gasteiger partial charge is 0.326 e. The predicted octanol–water partition coefficient (Wildman–Crippen LogP) is 2.39. The lowest BCUT2D eigenvalue weighted by Gasteiger charge is -2.05. The molecule has 66 valence electrons. The van der Waals surface area contributed by atoms with Gasteiger partial charge in [0.25, 0.3) is 6.43 Å². The summed E-state index contributed by atoms with van der Waals surface area (Å²) >= 11 is 0. The van der Waals surface area contributed by atoms with Gasteiger partial charge in [-0.2, -0.15) is 0 Å². The summed E-state index contributed by atoms with van der Waals surface area (Å²) in [7, 11) is 0. The molecule has 12 heavy (non-hydrogen) atoms. The molecule has 0 aliphatic heterocycles. The Balaban J connectivity index is 3.02. The van der Waals surface area contributed by atoms with E-state index < -0.39 is 6.43 Å². The molecule has 0 unspecified atom stereocenters. The van der Waals surface area contributed by atoms with Gasteiger partial charge in [0.05, 0.1) is 0 Å². The first kappa shape index (κ1) is 9.13. The van der Waals surface area contributed by atoms with E-state index in [2.05, 4.69) is 0 Å². The first-order valence-electron chi connectivity index (χ1n) is 3.72. The van der Waals surface area contributed by atoms with E-state index in [9.17, 15) is 8.78 Å². The van der Waals surface area contributed by atoms with Crippen molar-refractivity contribution in [3.63, 3.8) is 0 Å². The molecule has 0 saturated carbocycles. The van der Waals surface area contributed by atoms with Crippen molar-refractivity contribution in [2.45, 2.75) is 19.9 Å². The maximum Gasteiger partial charge on any atom is 0.263 e. The Kier molecular flexibility index (Phi) is 2.76. The van der Waals surface area contributed by atoms with E-state index in [1.807, 2.05) is 0 Å². The van der Waals surface area contributed by atoms with Gasteiger partial charge in [0.15, 0.2) is 0 Å². The number of halogens is 2. The molecule has 0 bridgehead atoms. The van der Waals surface area contributed by atoms with E-state index in [0.29, 0.717) is 6.54 Å². The molecule has 0 aliphatic rings. The van der Waals surface area contributed by atoms with Gasteiger partial charge < -0.3 is 5.73 Å². The Morgan fingerprint density at radius 3 is 2.50 bits per heavy atom. The summed E-state index contributed by atoms with van der Waals surface area (Å²) in [6, 6.07) is 4.55. The Labute approximate surface area is 70.2 Å². The SMILES string of the molecule is Cc1cc(C(F)F)ccc1CN. The van der Waals surface area contributed by atoms with Crippen LogP contribution in [0.2, 0.25) is 0 Å². The Bertz CT molecular complexity index is 271. The van der Waals surface area contributed by atoms with Crippen molar-refractivity contribution in [3.8, 4) is 0 Å². The van der Waals surface area contributed by atoms with Crippen molar-refractivity contribution in [2.75, 3.05) is 0 Å². The molecule has 0 saturated heterocycles. The minimum absolute atomic E-state index is 0.0599. The summed E-state index contributed by atoms with van der Waals surface area (Å²) in [6.45, 7) is 2.18. The van der Waals surface area contributed by atoms with E-state index >= 15 is 0 Å². The topological polar surface area (TPSA) is 26.0 Å². The van der Waals surface area contributed by atoms with Crippen molar-refractivity contribution in [1.29, 1.82) is 0 Å². The summed E-state index contributed by atoms with van der Waals surface area (Å²) in [5.41, 5.74) is 7.19. The van der Waals surface area contributed by atoms with Crippen molar-refractivity contribution < 1.29 is 8.78 Å². The minimum Gasteiger partial charge on any atom is -0.326 e. The zero-order chi connectivity index (χ0) is 9.14. The van der Waals surface area contributed by atoms with Crippen LogP contribution in [0.25, 0.3) is 0 Å². The second-order valence-electron chi connectivity index (χ2n) is 2.69. The summed E-state index contributed by atoms with van der Waals surface area (Å²) in [5, 5.41) is 0. The van der Waals surface area contributed by atoms with Crippen LogP contribution in [0.5, 0.6) is 0 Å². The van der Waals surface area contributed by atoms with Gasteiger partial charge in [0.2, 0.25) is 0 Å². The highest BCUT2D eigenvalue weighted by Crippen LogP contribution is 2.21. The molecule has 0 heterocycles. The zero-order valence-corrected chi connectivity index (χ0v) is 6.85. The number of nitrogens with two attached hydrogens (primary N) is 1. The molecule has 0 atom stereocenters. The van der Waals surface area contributed by atoms with Crippen LogP contribution in [-0.2, 0) is 6.54 Å². The van der Waals surface area contributed by atoms with E-state index in [1.165, 1.54) is 12.1 Å². The Morgan fingerprint density at radius 1 is 1.42 bits per heavy atom. The molecule has 1 rings (SSSR count). The standard InChI is InChI=1S/C9H11F2N/c1-6-4-7(9(10)11)2-3-8(6)5-12/h2-4,9H,5,12H2,1H3. The maximum absolute atomic E-state index is 12.2. The van der Waals surface area contributed by atoms with Crippen LogP contribution in [0.15, 0.2) is 18.2 Å². The molecule has 0 fully saturated rings. The van der Waals surface area contributed by atoms with Gasteiger partial charge in [-0.25, -0.2) is 8.78 Å². The molecule has 0 spiro atoms. The fourth-order valence-corrected chi connectivity index (χ4v) is 1.08. The molecule has 1 aromatic rings. The van der Waals surface area contributed by atoms with Crippen LogP contribution in [-0.4, -0.2) is 0 Å². The molecule has 0 amide bonds. The maximum atomic E-state index is 12.2. The average molecular weight is 171 g/mol. The van der Waals surface area contributed by atoms with Crippen molar-refractivity contribution >= 4 is 0 Å². The van der Waals surface area contributed by atoms with Gasteiger partial charge in [-0.1, -0.05) is 18.2 Å². The lowest BCUT2D eigenvalue weighted by molar-refractivity contribution is 0.151. The molecule has 1 nitrogen and oxygen atoms in total. The lowest BCUT2D eigenvalue weighted by atomic mass is 10.1. The molecule has 0 radical (unpaired) electrons. The van der Waals surface area contributed by atoms with Crippen LogP contribution < -0.4 is 5.73 Å². The van der Waals surface area contributed by atoms with E-state index in [1.54, 1.807) is 13.0 Å². The van der Waals surface area contributed by atoms with Gasteiger partial charge in [-0.3, -0.25) is 0 Å². The normalized spacial score (nSPS) is 10.8. The average Bonchev–Trinajstić information content (AvgIpc) is 2.04. The van der Waals surface area contributed by atoms with Gasteiger partial charge in [0.1, 0.15) is 0 Å². The molecular weight excluding hydrogens is 160 g/mol. The lowest BCUT2D eigenvalue weighted by Crippen LogP contribution is -1.99. The highest BCUT2D eigenvalue weighted by molar-refractivity contribution is 5.31. The summed E-state index contributed by atoms with van der Waals surface area (Å²) < 4.78 is 24.3. The molecular formula is C9H11F2N.